The van der Waals surface area contributed by atoms with Gasteiger partial charge in [0.1, 0.15) is 5.52 Å². The summed E-state index contributed by atoms with van der Waals surface area (Å²) < 4.78 is 33.6. The Morgan fingerprint density at radius 1 is 1.33 bits per heavy atom. The molecule has 0 radical (unpaired) electrons. The van der Waals surface area contributed by atoms with E-state index >= 15 is 0 Å². The quantitative estimate of drug-likeness (QED) is 0.850. The van der Waals surface area contributed by atoms with Gasteiger partial charge in [-0.1, -0.05) is 6.92 Å². The molecule has 2 aliphatic rings. The zero-order chi connectivity index (χ0) is 16.9. The largest absolute Gasteiger partial charge is 0.441 e. The molecule has 0 spiro atoms. The number of aromatic nitrogens is 1. The Labute approximate surface area is 142 Å². The second kappa shape index (κ2) is 5.82. The first kappa shape index (κ1) is 16.1. The molecule has 4 rings (SSSR count). The number of nitrogens with zero attached hydrogens (tertiary/aromatic N) is 3. The molecule has 0 aliphatic carbocycles. The molecular formula is C17H23N3O3S. The third-order valence-electron chi connectivity index (χ3n) is 5.19. The monoisotopic (exact) mass is 349 g/mol. The molecule has 0 amide bonds. The van der Waals surface area contributed by atoms with Crippen LogP contribution in [0.5, 0.6) is 0 Å². The SMILES string of the molecule is CCc1nc2cc(S(=O)(=O)N3C[C@@H]4CCCN4C[C@H]3C)ccc2o1. The lowest BCUT2D eigenvalue weighted by atomic mass is 10.1. The molecule has 0 bridgehead atoms. The van der Waals surface area contributed by atoms with E-state index in [1.54, 1.807) is 22.5 Å². The van der Waals surface area contributed by atoms with Crippen LogP contribution in [0.4, 0.5) is 0 Å². The predicted molar refractivity (Wildman–Crippen MR) is 91.3 cm³/mol. The van der Waals surface area contributed by atoms with E-state index in [2.05, 4.69) is 9.88 Å². The van der Waals surface area contributed by atoms with Gasteiger partial charge in [-0.2, -0.15) is 4.31 Å². The Hall–Kier alpha value is -1.44. The fourth-order valence-corrected chi connectivity index (χ4v) is 5.58. The molecule has 24 heavy (non-hydrogen) atoms. The van der Waals surface area contributed by atoms with Crippen molar-refractivity contribution in [3.63, 3.8) is 0 Å². The van der Waals surface area contributed by atoms with E-state index in [-0.39, 0.29) is 6.04 Å². The van der Waals surface area contributed by atoms with E-state index in [0.717, 1.165) is 25.9 Å². The first-order valence-corrected chi connectivity index (χ1v) is 10.1. The van der Waals surface area contributed by atoms with Gasteiger partial charge in [0, 0.05) is 31.6 Å². The average molecular weight is 349 g/mol. The number of sulfonamides is 1. The van der Waals surface area contributed by atoms with Crippen LogP contribution in [0.25, 0.3) is 11.1 Å². The van der Waals surface area contributed by atoms with Gasteiger partial charge in [-0.25, -0.2) is 13.4 Å². The zero-order valence-electron chi connectivity index (χ0n) is 14.1. The Bertz CT molecular complexity index is 861. The number of hydrogen-bond acceptors (Lipinski definition) is 5. The standard InChI is InChI=1S/C17H23N3O3S/c1-3-17-18-15-9-14(6-7-16(15)23-17)24(21,22)20-11-13-5-4-8-19(13)10-12(20)2/h6-7,9,12-13H,3-5,8,10-11H2,1-2H3/t12-,13+/m1/s1. The molecule has 2 aliphatic heterocycles. The van der Waals surface area contributed by atoms with Gasteiger partial charge in [0.25, 0.3) is 0 Å². The maximum absolute atomic E-state index is 13.2. The van der Waals surface area contributed by atoms with Crippen molar-refractivity contribution in [3.05, 3.63) is 24.1 Å². The number of rotatable bonds is 3. The summed E-state index contributed by atoms with van der Waals surface area (Å²) in [6.07, 6.45) is 2.94. The number of benzene rings is 1. The molecule has 3 heterocycles. The number of piperazine rings is 1. The van der Waals surface area contributed by atoms with Crippen molar-refractivity contribution in [2.45, 2.75) is 50.1 Å². The van der Waals surface area contributed by atoms with Crippen molar-refractivity contribution >= 4 is 21.1 Å². The summed E-state index contributed by atoms with van der Waals surface area (Å²) in [6.45, 7) is 6.45. The van der Waals surface area contributed by atoms with Crippen molar-refractivity contribution in [1.29, 1.82) is 0 Å². The molecular weight excluding hydrogens is 326 g/mol. The Morgan fingerprint density at radius 3 is 2.96 bits per heavy atom. The first-order chi connectivity index (χ1) is 11.5. The van der Waals surface area contributed by atoms with Crippen molar-refractivity contribution in [2.24, 2.45) is 0 Å². The summed E-state index contributed by atoms with van der Waals surface area (Å²) in [5.74, 6) is 0.632. The van der Waals surface area contributed by atoms with Gasteiger partial charge < -0.3 is 4.42 Å². The summed E-state index contributed by atoms with van der Waals surface area (Å²) >= 11 is 0. The fourth-order valence-electron chi connectivity index (χ4n) is 3.90. The lowest BCUT2D eigenvalue weighted by molar-refractivity contribution is 0.117. The summed E-state index contributed by atoms with van der Waals surface area (Å²) in [7, 11) is -3.51. The average Bonchev–Trinajstić information content (AvgIpc) is 3.18. The van der Waals surface area contributed by atoms with Gasteiger partial charge in [0.05, 0.1) is 4.90 Å². The maximum atomic E-state index is 13.2. The molecule has 1 aromatic heterocycles. The van der Waals surface area contributed by atoms with Crippen LogP contribution >= 0.6 is 0 Å². The van der Waals surface area contributed by atoms with E-state index < -0.39 is 10.0 Å². The highest BCUT2D eigenvalue weighted by Gasteiger charge is 2.40. The highest BCUT2D eigenvalue weighted by Crippen LogP contribution is 2.30. The Morgan fingerprint density at radius 2 is 2.17 bits per heavy atom. The van der Waals surface area contributed by atoms with Gasteiger partial charge in [0.15, 0.2) is 11.5 Å². The van der Waals surface area contributed by atoms with Crippen molar-refractivity contribution in [1.82, 2.24) is 14.2 Å². The van der Waals surface area contributed by atoms with Gasteiger partial charge in [-0.3, -0.25) is 4.90 Å². The van der Waals surface area contributed by atoms with E-state index in [1.165, 1.54) is 0 Å². The van der Waals surface area contributed by atoms with E-state index in [4.69, 9.17) is 4.42 Å². The second-order valence-electron chi connectivity index (χ2n) is 6.81. The highest BCUT2D eigenvalue weighted by molar-refractivity contribution is 7.89. The fraction of sp³-hybridized carbons (Fsp3) is 0.588. The predicted octanol–water partition coefficient (Wildman–Crippen LogP) is 2.25. The van der Waals surface area contributed by atoms with Crippen LogP contribution < -0.4 is 0 Å². The normalized spacial score (nSPS) is 26.1. The molecule has 0 saturated carbocycles. The minimum absolute atomic E-state index is 0.0106. The molecule has 6 nitrogen and oxygen atoms in total. The van der Waals surface area contributed by atoms with Gasteiger partial charge >= 0.3 is 0 Å². The van der Waals surface area contributed by atoms with Crippen LogP contribution in [0, 0.1) is 0 Å². The smallest absolute Gasteiger partial charge is 0.243 e. The molecule has 0 N–H and O–H groups in total. The van der Waals surface area contributed by atoms with Crippen molar-refractivity contribution < 1.29 is 12.8 Å². The topological polar surface area (TPSA) is 66.7 Å². The first-order valence-electron chi connectivity index (χ1n) is 8.64. The lowest BCUT2D eigenvalue weighted by Gasteiger charge is -2.41. The number of aryl methyl sites for hydroxylation is 1. The summed E-state index contributed by atoms with van der Waals surface area (Å²) in [5, 5.41) is 0. The van der Waals surface area contributed by atoms with Crippen LogP contribution in [-0.4, -0.2) is 54.3 Å². The summed E-state index contributed by atoms with van der Waals surface area (Å²) in [6, 6.07) is 5.34. The van der Waals surface area contributed by atoms with E-state index in [1.807, 2.05) is 13.8 Å². The molecule has 2 atom stereocenters. The maximum Gasteiger partial charge on any atom is 0.243 e. The van der Waals surface area contributed by atoms with E-state index in [9.17, 15) is 8.42 Å². The third-order valence-corrected chi connectivity index (χ3v) is 7.17. The van der Waals surface area contributed by atoms with Gasteiger partial charge in [-0.15, -0.1) is 0 Å². The number of fused-ring (bicyclic) bond motifs is 2. The van der Waals surface area contributed by atoms with Crippen LogP contribution in [0.2, 0.25) is 0 Å². The van der Waals surface area contributed by atoms with E-state index in [0.29, 0.717) is 40.9 Å². The number of oxazole rings is 1. The molecule has 0 unspecified atom stereocenters. The van der Waals surface area contributed by atoms with Crippen LogP contribution in [0.15, 0.2) is 27.5 Å². The lowest BCUT2D eigenvalue weighted by Crippen LogP contribution is -2.56. The highest BCUT2D eigenvalue weighted by atomic mass is 32.2. The molecule has 1 aromatic carbocycles. The third kappa shape index (κ3) is 2.55. The molecule has 2 saturated heterocycles. The molecule has 2 fully saturated rings. The van der Waals surface area contributed by atoms with Crippen molar-refractivity contribution in [3.8, 4) is 0 Å². The van der Waals surface area contributed by atoms with Crippen LogP contribution in [0.3, 0.4) is 0 Å². The van der Waals surface area contributed by atoms with Gasteiger partial charge in [-0.05, 0) is 44.5 Å². The summed E-state index contributed by atoms with van der Waals surface area (Å²) in [4.78, 5) is 7.10. The van der Waals surface area contributed by atoms with Crippen LogP contribution in [-0.2, 0) is 16.4 Å². The molecule has 2 aromatic rings. The van der Waals surface area contributed by atoms with Crippen LogP contribution in [0.1, 0.15) is 32.6 Å². The molecule has 7 heteroatoms. The van der Waals surface area contributed by atoms with Gasteiger partial charge in [0.2, 0.25) is 10.0 Å². The number of hydrogen-bond donors (Lipinski definition) is 0. The molecule has 130 valence electrons. The second-order valence-corrected chi connectivity index (χ2v) is 8.70. The van der Waals surface area contributed by atoms with Crippen molar-refractivity contribution in [2.75, 3.05) is 19.6 Å². The Kier molecular flexibility index (Phi) is 3.89. The minimum atomic E-state index is -3.51. The summed E-state index contributed by atoms with van der Waals surface area (Å²) in [5.41, 5.74) is 1.25. The minimum Gasteiger partial charge on any atom is -0.441 e. The Balaban J connectivity index is 1.68. The zero-order valence-corrected chi connectivity index (χ0v) is 14.9.